The maximum atomic E-state index is 13.4. The average molecular weight is 392 g/mol. The third kappa shape index (κ3) is 3.48. The number of carbonyl (C=O) groups excluding carboxylic acids is 1. The first kappa shape index (κ1) is 18.2. The number of aryl methyl sites for hydroxylation is 2. The van der Waals surface area contributed by atoms with E-state index in [4.69, 9.17) is 9.72 Å². The Hall–Kier alpha value is -3.19. The normalized spacial score (nSPS) is 11.0. The molecule has 0 fully saturated rings. The summed E-state index contributed by atoms with van der Waals surface area (Å²) < 4.78 is 7.94. The molecule has 0 spiro atoms. The number of rotatable bonds is 5. The molecule has 28 heavy (non-hydrogen) atoms. The maximum Gasteiger partial charge on any atom is 0.281 e. The van der Waals surface area contributed by atoms with Crippen LogP contribution in [0.3, 0.4) is 0 Å². The van der Waals surface area contributed by atoms with Gasteiger partial charge in [0.2, 0.25) is 0 Å². The number of methoxy groups -OCH3 is 1. The van der Waals surface area contributed by atoms with Crippen molar-refractivity contribution in [3.63, 3.8) is 0 Å². The number of anilines is 1. The van der Waals surface area contributed by atoms with Crippen molar-refractivity contribution in [3.8, 4) is 5.75 Å². The Bertz CT molecular complexity index is 1130. The van der Waals surface area contributed by atoms with Crippen LogP contribution in [-0.2, 0) is 13.6 Å². The highest BCUT2D eigenvalue weighted by molar-refractivity contribution is 7.22. The van der Waals surface area contributed by atoms with Crippen molar-refractivity contribution in [3.05, 3.63) is 71.5 Å². The predicted octanol–water partition coefficient (Wildman–Crippen LogP) is 4.19. The summed E-state index contributed by atoms with van der Waals surface area (Å²) in [6.07, 6.45) is 1.84. The van der Waals surface area contributed by atoms with Crippen LogP contribution in [0.15, 0.2) is 54.7 Å². The number of carbonyl (C=O) groups is 1. The lowest BCUT2D eigenvalue weighted by molar-refractivity contribution is 0.0979. The van der Waals surface area contributed by atoms with Crippen molar-refractivity contribution < 1.29 is 9.53 Å². The summed E-state index contributed by atoms with van der Waals surface area (Å²) >= 11 is 1.47. The van der Waals surface area contributed by atoms with Crippen molar-refractivity contribution in [2.75, 3.05) is 12.0 Å². The Labute approximate surface area is 167 Å². The molecular weight excluding hydrogens is 372 g/mol. The van der Waals surface area contributed by atoms with E-state index < -0.39 is 0 Å². The molecule has 6 nitrogen and oxygen atoms in total. The molecule has 0 saturated heterocycles. The highest BCUT2D eigenvalue weighted by atomic mass is 32.1. The highest BCUT2D eigenvalue weighted by Crippen LogP contribution is 2.33. The largest absolute Gasteiger partial charge is 0.497 e. The number of fused-ring (bicyclic) bond motifs is 1. The van der Waals surface area contributed by atoms with Gasteiger partial charge in [-0.1, -0.05) is 41.7 Å². The zero-order valence-electron chi connectivity index (χ0n) is 15.9. The van der Waals surface area contributed by atoms with Gasteiger partial charge < -0.3 is 4.74 Å². The summed E-state index contributed by atoms with van der Waals surface area (Å²) in [5.41, 5.74) is 3.15. The van der Waals surface area contributed by atoms with Crippen molar-refractivity contribution in [1.29, 1.82) is 0 Å². The minimum atomic E-state index is -0.159. The molecule has 4 aromatic rings. The lowest BCUT2D eigenvalue weighted by atomic mass is 10.2. The Morgan fingerprint density at radius 1 is 1.21 bits per heavy atom. The summed E-state index contributed by atoms with van der Waals surface area (Å²) in [4.78, 5) is 19.8. The Kier molecular flexibility index (Phi) is 4.83. The van der Waals surface area contributed by atoms with E-state index in [1.807, 2.05) is 68.7 Å². The third-order valence-electron chi connectivity index (χ3n) is 4.46. The summed E-state index contributed by atoms with van der Waals surface area (Å²) in [7, 11) is 3.45. The van der Waals surface area contributed by atoms with Gasteiger partial charge >= 0.3 is 0 Å². The quantitative estimate of drug-likeness (QED) is 0.511. The topological polar surface area (TPSA) is 60.2 Å². The molecule has 142 valence electrons. The molecule has 0 radical (unpaired) electrons. The van der Waals surface area contributed by atoms with Gasteiger partial charge in [0.25, 0.3) is 5.91 Å². The molecule has 1 amide bonds. The van der Waals surface area contributed by atoms with Gasteiger partial charge in [-0.2, -0.15) is 5.10 Å². The first-order valence-corrected chi connectivity index (χ1v) is 9.67. The molecule has 2 aromatic heterocycles. The molecule has 0 aliphatic rings. The van der Waals surface area contributed by atoms with E-state index >= 15 is 0 Å². The van der Waals surface area contributed by atoms with Crippen LogP contribution in [-0.4, -0.2) is 27.8 Å². The number of benzene rings is 2. The third-order valence-corrected chi connectivity index (χ3v) is 5.50. The van der Waals surface area contributed by atoms with E-state index in [1.54, 1.807) is 16.7 Å². The summed E-state index contributed by atoms with van der Waals surface area (Å²) in [6.45, 7) is 2.32. The summed E-state index contributed by atoms with van der Waals surface area (Å²) in [6, 6.07) is 15.6. The van der Waals surface area contributed by atoms with Crippen LogP contribution >= 0.6 is 11.3 Å². The molecular formula is C21H20N4O2S. The van der Waals surface area contributed by atoms with E-state index in [9.17, 15) is 4.79 Å². The Morgan fingerprint density at radius 3 is 2.68 bits per heavy atom. The fraction of sp³-hybridized carbons (Fsp3) is 0.190. The second kappa shape index (κ2) is 7.44. The first-order valence-electron chi connectivity index (χ1n) is 8.86. The number of amides is 1. The van der Waals surface area contributed by atoms with E-state index in [2.05, 4.69) is 5.10 Å². The van der Waals surface area contributed by atoms with Gasteiger partial charge in [-0.15, -0.1) is 0 Å². The molecule has 7 heteroatoms. The van der Waals surface area contributed by atoms with Gasteiger partial charge in [-0.25, -0.2) is 4.98 Å². The summed E-state index contributed by atoms with van der Waals surface area (Å²) in [5.74, 6) is 0.609. The molecule has 2 heterocycles. The maximum absolute atomic E-state index is 13.4. The second-order valence-electron chi connectivity index (χ2n) is 6.54. The van der Waals surface area contributed by atoms with Gasteiger partial charge in [-0.05, 0) is 30.7 Å². The monoisotopic (exact) mass is 392 g/mol. The number of nitrogens with zero attached hydrogens (tertiary/aromatic N) is 4. The molecule has 0 N–H and O–H groups in total. The van der Waals surface area contributed by atoms with Crippen LogP contribution in [0.25, 0.3) is 10.2 Å². The fourth-order valence-corrected chi connectivity index (χ4v) is 4.07. The van der Waals surface area contributed by atoms with E-state index in [0.717, 1.165) is 27.1 Å². The minimum Gasteiger partial charge on any atom is -0.497 e. The van der Waals surface area contributed by atoms with Crippen LogP contribution in [0, 0.1) is 6.92 Å². The van der Waals surface area contributed by atoms with Crippen molar-refractivity contribution in [2.45, 2.75) is 13.5 Å². The van der Waals surface area contributed by atoms with Gasteiger partial charge in [0, 0.05) is 18.8 Å². The van der Waals surface area contributed by atoms with Gasteiger partial charge in [0.15, 0.2) is 10.8 Å². The number of hydrogen-bond acceptors (Lipinski definition) is 5. The summed E-state index contributed by atoms with van der Waals surface area (Å²) in [5, 5.41) is 5.00. The zero-order chi connectivity index (χ0) is 19.7. The van der Waals surface area contributed by atoms with Gasteiger partial charge in [0.05, 0.1) is 23.9 Å². The number of ether oxygens (including phenoxy) is 1. The number of thiazole rings is 1. The smallest absolute Gasteiger partial charge is 0.281 e. The molecule has 0 aliphatic carbocycles. The Balaban J connectivity index is 1.78. The number of hydrogen-bond donors (Lipinski definition) is 0. The molecule has 4 rings (SSSR count). The van der Waals surface area contributed by atoms with Gasteiger partial charge in [0.1, 0.15) is 5.75 Å². The van der Waals surface area contributed by atoms with Crippen LogP contribution in [0.2, 0.25) is 0 Å². The predicted molar refractivity (Wildman–Crippen MR) is 111 cm³/mol. The van der Waals surface area contributed by atoms with Crippen molar-refractivity contribution >= 4 is 32.6 Å². The first-order chi connectivity index (χ1) is 13.5. The van der Waals surface area contributed by atoms with E-state index in [1.165, 1.54) is 11.3 Å². The van der Waals surface area contributed by atoms with Crippen LogP contribution < -0.4 is 9.64 Å². The van der Waals surface area contributed by atoms with Crippen LogP contribution in [0.1, 0.15) is 21.6 Å². The lowest BCUT2D eigenvalue weighted by Crippen LogP contribution is -2.31. The minimum absolute atomic E-state index is 0.159. The Morgan fingerprint density at radius 2 is 2.00 bits per heavy atom. The SMILES string of the molecule is COc1ccc2nc(N(Cc3ccccc3)C(=O)c3nn(C)cc3C)sc2c1. The average Bonchev–Trinajstić information content (AvgIpc) is 3.27. The molecule has 0 atom stereocenters. The molecule has 0 bridgehead atoms. The highest BCUT2D eigenvalue weighted by Gasteiger charge is 2.25. The molecule has 2 aromatic carbocycles. The van der Waals surface area contributed by atoms with Crippen molar-refractivity contribution in [1.82, 2.24) is 14.8 Å². The lowest BCUT2D eigenvalue weighted by Gasteiger charge is -2.19. The van der Waals surface area contributed by atoms with E-state index in [-0.39, 0.29) is 5.91 Å². The van der Waals surface area contributed by atoms with E-state index in [0.29, 0.717) is 17.4 Å². The second-order valence-corrected chi connectivity index (χ2v) is 7.55. The zero-order valence-corrected chi connectivity index (χ0v) is 16.7. The molecule has 0 saturated carbocycles. The number of aromatic nitrogens is 3. The molecule has 0 unspecified atom stereocenters. The van der Waals surface area contributed by atoms with Crippen LogP contribution in [0.5, 0.6) is 5.75 Å². The van der Waals surface area contributed by atoms with Gasteiger partial charge in [-0.3, -0.25) is 14.4 Å². The van der Waals surface area contributed by atoms with Crippen LogP contribution in [0.4, 0.5) is 5.13 Å². The van der Waals surface area contributed by atoms with Crippen molar-refractivity contribution in [2.24, 2.45) is 7.05 Å². The molecule has 0 aliphatic heterocycles. The standard InChI is InChI=1S/C21H20N4O2S/c1-14-12-24(2)23-19(14)20(26)25(13-15-7-5-4-6-8-15)21-22-17-10-9-16(27-3)11-18(17)28-21/h4-12H,13H2,1-3H3. The fourth-order valence-electron chi connectivity index (χ4n) is 3.07.